The maximum atomic E-state index is 13.1. The first kappa shape index (κ1) is 22.7. The van der Waals surface area contributed by atoms with E-state index in [-0.39, 0.29) is 24.0 Å². The molecule has 5 nitrogen and oxygen atoms in total. The zero-order valence-electron chi connectivity index (χ0n) is 16.2. The largest absolute Gasteiger partial charge is 0.418 e. The molecule has 0 bridgehead atoms. The fourth-order valence-electron chi connectivity index (χ4n) is 2.80. The fourth-order valence-corrected chi connectivity index (χ4v) is 3.02. The summed E-state index contributed by atoms with van der Waals surface area (Å²) >= 11 is 5.83. The molecule has 2 amide bonds. The van der Waals surface area contributed by atoms with Gasteiger partial charge in [-0.3, -0.25) is 14.5 Å². The molecule has 0 atom stereocenters. The molecule has 2 rings (SSSR count). The van der Waals surface area contributed by atoms with Gasteiger partial charge in [0.05, 0.1) is 29.4 Å². The highest BCUT2D eigenvalue weighted by Gasteiger charge is 2.34. The van der Waals surface area contributed by atoms with E-state index in [1.54, 1.807) is 0 Å². The summed E-state index contributed by atoms with van der Waals surface area (Å²) in [6.07, 6.45) is -4.66. The van der Waals surface area contributed by atoms with Crippen LogP contribution in [0.15, 0.2) is 36.4 Å². The van der Waals surface area contributed by atoms with E-state index in [1.807, 2.05) is 32.0 Å². The highest BCUT2D eigenvalue weighted by Crippen LogP contribution is 2.38. The van der Waals surface area contributed by atoms with Gasteiger partial charge in [0.25, 0.3) is 0 Å². The van der Waals surface area contributed by atoms with E-state index >= 15 is 0 Å². The fraction of sp³-hybridized carbons (Fsp3) is 0.300. The maximum absolute atomic E-state index is 13.1. The number of rotatable bonds is 6. The summed E-state index contributed by atoms with van der Waals surface area (Å²) in [6.45, 7) is 3.32. The number of nitrogens with zero attached hydrogens (tertiary/aromatic N) is 1. The average molecular weight is 428 g/mol. The number of hydrogen-bond acceptors (Lipinski definition) is 3. The van der Waals surface area contributed by atoms with Crippen molar-refractivity contribution in [3.63, 3.8) is 0 Å². The molecule has 156 valence electrons. The lowest BCUT2D eigenvalue weighted by Crippen LogP contribution is -2.36. The number of carbonyl (C=O) groups excluding carboxylic acids is 2. The Balaban J connectivity index is 1.99. The molecule has 0 radical (unpaired) electrons. The van der Waals surface area contributed by atoms with Gasteiger partial charge in [0.1, 0.15) is 0 Å². The molecule has 2 aromatic rings. The van der Waals surface area contributed by atoms with Gasteiger partial charge in [-0.2, -0.15) is 13.2 Å². The predicted molar refractivity (Wildman–Crippen MR) is 107 cm³/mol. The van der Waals surface area contributed by atoms with Crippen molar-refractivity contribution >= 4 is 34.8 Å². The van der Waals surface area contributed by atoms with Crippen LogP contribution in [-0.4, -0.2) is 36.9 Å². The molecule has 0 aliphatic carbocycles. The Morgan fingerprint density at radius 3 is 1.93 bits per heavy atom. The van der Waals surface area contributed by atoms with E-state index in [1.165, 1.54) is 18.0 Å². The highest BCUT2D eigenvalue weighted by atomic mass is 35.5. The summed E-state index contributed by atoms with van der Waals surface area (Å²) in [7, 11) is 1.52. The zero-order chi connectivity index (χ0) is 21.8. The summed E-state index contributed by atoms with van der Waals surface area (Å²) in [6, 6.07) is 8.85. The number of aryl methyl sites for hydroxylation is 2. The molecule has 9 heteroatoms. The predicted octanol–water partition coefficient (Wildman–Crippen LogP) is 4.48. The molecule has 0 saturated heterocycles. The van der Waals surface area contributed by atoms with Gasteiger partial charge in [0, 0.05) is 5.69 Å². The normalized spacial score (nSPS) is 11.4. The number of benzene rings is 2. The minimum atomic E-state index is -4.66. The van der Waals surface area contributed by atoms with Gasteiger partial charge in [-0.1, -0.05) is 35.9 Å². The number of amides is 2. The van der Waals surface area contributed by atoms with Crippen molar-refractivity contribution in [1.82, 2.24) is 4.90 Å². The van der Waals surface area contributed by atoms with Crippen LogP contribution in [0.25, 0.3) is 0 Å². The number of hydrogen-bond donors (Lipinski definition) is 2. The van der Waals surface area contributed by atoms with Crippen molar-refractivity contribution in [2.24, 2.45) is 0 Å². The van der Waals surface area contributed by atoms with Gasteiger partial charge < -0.3 is 10.6 Å². The van der Waals surface area contributed by atoms with Crippen LogP contribution < -0.4 is 10.6 Å². The second-order valence-electron chi connectivity index (χ2n) is 6.70. The minimum Gasteiger partial charge on any atom is -0.324 e. The molecule has 0 unspecified atom stereocenters. The molecule has 0 aromatic heterocycles. The van der Waals surface area contributed by atoms with Gasteiger partial charge in [0.2, 0.25) is 11.8 Å². The third-order valence-electron chi connectivity index (χ3n) is 4.16. The molecular formula is C20H21ClF3N3O2. The topological polar surface area (TPSA) is 61.4 Å². The van der Waals surface area contributed by atoms with E-state index in [4.69, 9.17) is 11.6 Å². The van der Waals surface area contributed by atoms with Gasteiger partial charge in [-0.25, -0.2) is 0 Å². The number of likely N-dealkylation sites (N-methyl/N-ethyl adjacent to an activating group) is 1. The first-order valence-corrected chi connectivity index (χ1v) is 9.07. The second-order valence-corrected chi connectivity index (χ2v) is 7.10. The minimum absolute atomic E-state index is 0.115. The van der Waals surface area contributed by atoms with E-state index < -0.39 is 23.3 Å². The number of alkyl halides is 3. The standard InChI is InChI=1S/C20H21ClF3N3O2/c1-12-6-4-7-13(2)18(12)25-16(28)10-27(3)11-17(29)26-19-14(20(22,23)24)8-5-9-15(19)21/h4-9H,10-11H2,1-3H3,(H,25,28)(H,26,29). The highest BCUT2D eigenvalue weighted by molar-refractivity contribution is 6.34. The Kier molecular flexibility index (Phi) is 7.26. The van der Waals surface area contributed by atoms with Crippen LogP contribution in [0.2, 0.25) is 5.02 Å². The van der Waals surface area contributed by atoms with Crippen molar-refractivity contribution in [2.45, 2.75) is 20.0 Å². The molecule has 0 aliphatic heterocycles. The average Bonchev–Trinajstić information content (AvgIpc) is 2.58. The maximum Gasteiger partial charge on any atom is 0.418 e. The van der Waals surface area contributed by atoms with Gasteiger partial charge in [-0.05, 0) is 44.2 Å². The first-order valence-electron chi connectivity index (χ1n) is 8.69. The van der Waals surface area contributed by atoms with Crippen molar-refractivity contribution in [2.75, 3.05) is 30.8 Å². The smallest absolute Gasteiger partial charge is 0.324 e. The van der Waals surface area contributed by atoms with Crippen LogP contribution in [0, 0.1) is 13.8 Å². The molecule has 29 heavy (non-hydrogen) atoms. The lowest BCUT2D eigenvalue weighted by molar-refractivity contribution is -0.137. The monoisotopic (exact) mass is 427 g/mol. The number of nitrogens with one attached hydrogen (secondary N) is 2. The van der Waals surface area contributed by atoms with E-state index in [2.05, 4.69) is 10.6 Å². The molecule has 0 heterocycles. The summed E-state index contributed by atoms with van der Waals surface area (Å²) in [4.78, 5) is 25.8. The SMILES string of the molecule is Cc1cccc(C)c1NC(=O)CN(C)CC(=O)Nc1c(Cl)cccc1C(F)(F)F. The van der Waals surface area contributed by atoms with Gasteiger partial charge >= 0.3 is 6.18 Å². The number of carbonyl (C=O) groups is 2. The second kappa shape index (κ2) is 9.28. The molecule has 2 N–H and O–H groups in total. The van der Waals surface area contributed by atoms with Gasteiger partial charge in [0.15, 0.2) is 0 Å². The van der Waals surface area contributed by atoms with E-state index in [9.17, 15) is 22.8 Å². The summed E-state index contributed by atoms with van der Waals surface area (Å²) < 4.78 is 39.3. The van der Waals surface area contributed by atoms with Gasteiger partial charge in [-0.15, -0.1) is 0 Å². The van der Waals surface area contributed by atoms with Crippen LogP contribution in [0.3, 0.4) is 0 Å². The molecular weight excluding hydrogens is 407 g/mol. The summed E-state index contributed by atoms with van der Waals surface area (Å²) in [5.41, 5.74) is 0.962. The first-order chi connectivity index (χ1) is 13.5. The number of anilines is 2. The van der Waals surface area contributed by atoms with Crippen molar-refractivity contribution in [3.05, 3.63) is 58.1 Å². The Morgan fingerprint density at radius 1 is 0.931 bits per heavy atom. The Hall–Kier alpha value is -2.58. The Morgan fingerprint density at radius 2 is 1.41 bits per heavy atom. The van der Waals surface area contributed by atoms with Crippen LogP contribution >= 0.6 is 11.6 Å². The third-order valence-corrected chi connectivity index (χ3v) is 4.47. The lowest BCUT2D eigenvalue weighted by Gasteiger charge is -2.19. The van der Waals surface area contributed by atoms with Crippen LogP contribution in [0.4, 0.5) is 24.5 Å². The molecule has 0 saturated carbocycles. The van der Waals surface area contributed by atoms with Crippen LogP contribution in [0.5, 0.6) is 0 Å². The lowest BCUT2D eigenvalue weighted by atomic mass is 10.1. The van der Waals surface area contributed by atoms with Crippen LogP contribution in [-0.2, 0) is 15.8 Å². The van der Waals surface area contributed by atoms with Crippen LogP contribution in [0.1, 0.15) is 16.7 Å². The zero-order valence-corrected chi connectivity index (χ0v) is 16.9. The van der Waals surface area contributed by atoms with E-state index in [0.29, 0.717) is 5.69 Å². The third kappa shape index (κ3) is 6.20. The Bertz CT molecular complexity index is 896. The Labute approximate surface area is 171 Å². The van der Waals surface area contributed by atoms with E-state index in [0.717, 1.165) is 23.3 Å². The molecule has 2 aromatic carbocycles. The van der Waals surface area contributed by atoms with Crippen molar-refractivity contribution in [1.29, 1.82) is 0 Å². The molecule has 0 fully saturated rings. The molecule has 0 spiro atoms. The van der Waals surface area contributed by atoms with Crippen molar-refractivity contribution < 1.29 is 22.8 Å². The number of halogens is 4. The quantitative estimate of drug-likeness (QED) is 0.714. The van der Waals surface area contributed by atoms with Crippen molar-refractivity contribution in [3.8, 4) is 0 Å². The summed E-state index contributed by atoms with van der Waals surface area (Å²) in [5, 5.41) is 4.76. The number of para-hydroxylation sites is 2. The summed E-state index contributed by atoms with van der Waals surface area (Å²) in [5.74, 6) is -1.06. The molecule has 0 aliphatic rings.